The quantitative estimate of drug-likeness (QED) is 0.872. The monoisotopic (exact) mass is 305 g/mol. The van der Waals surface area contributed by atoms with Crippen LogP contribution in [-0.4, -0.2) is 5.91 Å². The van der Waals surface area contributed by atoms with Crippen LogP contribution in [0.5, 0.6) is 0 Å². The largest absolute Gasteiger partial charge is 0.326 e. The van der Waals surface area contributed by atoms with E-state index in [1.54, 1.807) is 18.2 Å². The first-order valence-electron chi connectivity index (χ1n) is 6.46. The summed E-state index contributed by atoms with van der Waals surface area (Å²) in [6, 6.07) is 15.2. The first-order valence-corrected chi connectivity index (χ1v) is 7.21. The summed E-state index contributed by atoms with van der Waals surface area (Å²) in [7, 11) is 0. The zero-order valence-electron chi connectivity index (χ0n) is 10.6. The zero-order chi connectivity index (χ0) is 14.1. The average molecular weight is 306 g/mol. The van der Waals surface area contributed by atoms with Crippen molar-refractivity contribution < 1.29 is 4.79 Å². The summed E-state index contributed by atoms with van der Waals surface area (Å²) in [5.74, 6) is 0.420. The number of halogens is 2. The Kier molecular flexibility index (Phi) is 3.68. The van der Waals surface area contributed by atoms with Gasteiger partial charge >= 0.3 is 0 Å². The van der Waals surface area contributed by atoms with Crippen LogP contribution in [0.4, 0.5) is 5.69 Å². The van der Waals surface area contributed by atoms with Gasteiger partial charge in [-0.1, -0.05) is 53.5 Å². The van der Waals surface area contributed by atoms with Crippen molar-refractivity contribution >= 4 is 34.8 Å². The molecule has 0 saturated heterocycles. The highest BCUT2D eigenvalue weighted by Gasteiger charge is 2.43. The number of hydrogen-bond acceptors (Lipinski definition) is 1. The van der Waals surface area contributed by atoms with Crippen LogP contribution in [0.25, 0.3) is 0 Å². The molecule has 1 saturated carbocycles. The molecule has 2 nitrogen and oxygen atoms in total. The molecule has 4 heteroatoms. The lowest BCUT2D eigenvalue weighted by molar-refractivity contribution is -0.117. The minimum Gasteiger partial charge on any atom is -0.326 e. The molecule has 102 valence electrons. The molecule has 2 atom stereocenters. The summed E-state index contributed by atoms with van der Waals surface area (Å²) in [5.41, 5.74) is 1.91. The number of nitrogens with one attached hydrogen (secondary N) is 1. The van der Waals surface area contributed by atoms with Crippen LogP contribution in [0.2, 0.25) is 10.0 Å². The van der Waals surface area contributed by atoms with E-state index >= 15 is 0 Å². The van der Waals surface area contributed by atoms with Gasteiger partial charge in [0.15, 0.2) is 0 Å². The average Bonchev–Trinajstić information content (AvgIpc) is 3.24. The predicted octanol–water partition coefficient (Wildman–Crippen LogP) is 4.74. The maximum absolute atomic E-state index is 12.2. The van der Waals surface area contributed by atoms with Crippen molar-refractivity contribution in [2.75, 3.05) is 5.32 Å². The molecule has 0 aromatic heterocycles. The molecule has 1 aliphatic carbocycles. The smallest absolute Gasteiger partial charge is 0.228 e. The second kappa shape index (κ2) is 5.47. The fourth-order valence-corrected chi connectivity index (χ4v) is 2.66. The van der Waals surface area contributed by atoms with Crippen molar-refractivity contribution in [1.82, 2.24) is 0 Å². The predicted molar refractivity (Wildman–Crippen MR) is 82.4 cm³/mol. The van der Waals surface area contributed by atoms with E-state index < -0.39 is 0 Å². The van der Waals surface area contributed by atoms with Crippen LogP contribution >= 0.6 is 23.2 Å². The normalized spacial score (nSPS) is 20.5. The molecule has 0 heterocycles. The lowest BCUT2D eigenvalue weighted by Crippen LogP contribution is -2.14. The van der Waals surface area contributed by atoms with E-state index in [0.717, 1.165) is 6.42 Å². The molecule has 0 bridgehead atoms. The van der Waals surface area contributed by atoms with Gasteiger partial charge in [0.05, 0.1) is 10.0 Å². The fraction of sp³-hybridized carbons (Fsp3) is 0.188. The molecule has 0 unspecified atom stereocenters. The minimum absolute atomic E-state index is 0.0391. The standard InChI is InChI=1S/C16H13Cl2NO/c17-14-7-6-11(8-15(14)18)19-16(20)13-9-12(13)10-4-2-1-3-5-10/h1-8,12-13H,9H2,(H,19,20)/t12-,13+/m0/s1. The van der Waals surface area contributed by atoms with Gasteiger partial charge in [0.1, 0.15) is 0 Å². The van der Waals surface area contributed by atoms with Crippen molar-refractivity contribution in [1.29, 1.82) is 0 Å². The van der Waals surface area contributed by atoms with Crippen LogP contribution in [0, 0.1) is 5.92 Å². The highest BCUT2D eigenvalue weighted by atomic mass is 35.5. The molecule has 20 heavy (non-hydrogen) atoms. The second-order valence-corrected chi connectivity index (χ2v) is 5.79. The molecule has 1 fully saturated rings. The number of benzene rings is 2. The number of hydrogen-bond donors (Lipinski definition) is 1. The van der Waals surface area contributed by atoms with Gasteiger partial charge in [0, 0.05) is 11.6 Å². The molecule has 2 aromatic carbocycles. The molecule has 0 aliphatic heterocycles. The molecule has 1 N–H and O–H groups in total. The van der Waals surface area contributed by atoms with Crippen LogP contribution in [0.3, 0.4) is 0 Å². The Morgan fingerprint density at radius 2 is 1.80 bits per heavy atom. The van der Waals surface area contributed by atoms with E-state index in [4.69, 9.17) is 23.2 Å². The van der Waals surface area contributed by atoms with Crippen molar-refractivity contribution in [2.45, 2.75) is 12.3 Å². The molecule has 1 amide bonds. The Labute approximate surface area is 127 Å². The third-order valence-corrected chi connectivity index (χ3v) is 4.28. The van der Waals surface area contributed by atoms with Gasteiger partial charge in [-0.15, -0.1) is 0 Å². The van der Waals surface area contributed by atoms with Crippen molar-refractivity contribution in [2.24, 2.45) is 5.92 Å². The van der Waals surface area contributed by atoms with Gasteiger partial charge in [-0.2, -0.15) is 0 Å². The van der Waals surface area contributed by atoms with Crippen LogP contribution in [0.1, 0.15) is 17.9 Å². The van der Waals surface area contributed by atoms with E-state index in [-0.39, 0.29) is 11.8 Å². The van der Waals surface area contributed by atoms with Crippen LogP contribution in [0.15, 0.2) is 48.5 Å². The Morgan fingerprint density at radius 1 is 1.05 bits per heavy atom. The molecule has 0 spiro atoms. The van der Waals surface area contributed by atoms with Crippen molar-refractivity contribution in [3.8, 4) is 0 Å². The fourth-order valence-electron chi connectivity index (χ4n) is 2.36. The van der Waals surface area contributed by atoms with Crippen LogP contribution < -0.4 is 5.32 Å². The molecular formula is C16H13Cl2NO. The molecule has 2 aromatic rings. The highest BCUT2D eigenvalue weighted by Crippen LogP contribution is 2.47. The number of rotatable bonds is 3. The summed E-state index contributed by atoms with van der Waals surface area (Å²) in [6.07, 6.45) is 0.900. The molecule has 3 rings (SSSR count). The third kappa shape index (κ3) is 2.82. The van der Waals surface area contributed by atoms with E-state index in [2.05, 4.69) is 17.4 Å². The Hall–Kier alpha value is -1.51. The molecular weight excluding hydrogens is 293 g/mol. The number of anilines is 1. The topological polar surface area (TPSA) is 29.1 Å². The SMILES string of the molecule is O=C(Nc1ccc(Cl)c(Cl)c1)[C@@H]1C[C@H]1c1ccccc1. The van der Waals surface area contributed by atoms with Gasteiger partial charge < -0.3 is 5.32 Å². The van der Waals surface area contributed by atoms with E-state index in [1.165, 1.54) is 5.56 Å². The van der Waals surface area contributed by atoms with Gasteiger partial charge in [-0.3, -0.25) is 4.79 Å². The van der Waals surface area contributed by atoms with Crippen molar-refractivity contribution in [3.63, 3.8) is 0 Å². The van der Waals surface area contributed by atoms with E-state index in [9.17, 15) is 4.79 Å². The number of carbonyl (C=O) groups excluding carboxylic acids is 1. The van der Waals surface area contributed by atoms with E-state index in [0.29, 0.717) is 21.7 Å². The lowest BCUT2D eigenvalue weighted by Gasteiger charge is -2.06. The highest BCUT2D eigenvalue weighted by molar-refractivity contribution is 6.42. The van der Waals surface area contributed by atoms with Gasteiger partial charge in [-0.25, -0.2) is 0 Å². The summed E-state index contributed by atoms with van der Waals surface area (Å²) in [6.45, 7) is 0. The summed E-state index contributed by atoms with van der Waals surface area (Å²) in [4.78, 5) is 12.2. The van der Waals surface area contributed by atoms with E-state index in [1.807, 2.05) is 18.2 Å². The molecule has 0 radical (unpaired) electrons. The first-order chi connectivity index (χ1) is 9.65. The van der Waals surface area contributed by atoms with Gasteiger partial charge in [-0.05, 0) is 36.1 Å². The molecule has 1 aliphatic rings. The third-order valence-electron chi connectivity index (χ3n) is 3.54. The Morgan fingerprint density at radius 3 is 2.50 bits per heavy atom. The number of carbonyl (C=O) groups is 1. The maximum Gasteiger partial charge on any atom is 0.228 e. The first kappa shape index (κ1) is 13.5. The Balaban J connectivity index is 1.65. The summed E-state index contributed by atoms with van der Waals surface area (Å²) < 4.78 is 0. The summed E-state index contributed by atoms with van der Waals surface area (Å²) in [5, 5.41) is 3.82. The minimum atomic E-state index is 0.0391. The Bertz CT molecular complexity index is 642. The summed E-state index contributed by atoms with van der Waals surface area (Å²) >= 11 is 11.8. The lowest BCUT2D eigenvalue weighted by atomic mass is 10.1. The van der Waals surface area contributed by atoms with Crippen molar-refractivity contribution in [3.05, 3.63) is 64.1 Å². The van der Waals surface area contributed by atoms with Gasteiger partial charge in [0.2, 0.25) is 5.91 Å². The maximum atomic E-state index is 12.2. The van der Waals surface area contributed by atoms with Gasteiger partial charge in [0.25, 0.3) is 0 Å². The zero-order valence-corrected chi connectivity index (χ0v) is 12.2. The second-order valence-electron chi connectivity index (χ2n) is 4.98. The number of amides is 1. The van der Waals surface area contributed by atoms with Crippen LogP contribution in [-0.2, 0) is 4.79 Å².